The van der Waals surface area contributed by atoms with Gasteiger partial charge in [0.2, 0.25) is 0 Å². The average Bonchev–Trinajstić information content (AvgIpc) is 3.41. The van der Waals surface area contributed by atoms with Gasteiger partial charge in [-0.05, 0) is 65.4 Å². The second kappa shape index (κ2) is 9.32. The van der Waals surface area contributed by atoms with E-state index in [2.05, 4.69) is 25.8 Å². The van der Waals surface area contributed by atoms with Crippen LogP contribution in [-0.2, 0) is 16.0 Å². The average molecular weight is 501 g/mol. The lowest BCUT2D eigenvalue weighted by Gasteiger charge is -2.23. The van der Waals surface area contributed by atoms with Crippen molar-refractivity contribution in [2.45, 2.75) is 39.2 Å². The van der Waals surface area contributed by atoms with Gasteiger partial charge in [0.25, 0.3) is 5.78 Å². The molecule has 2 heterocycles. The summed E-state index contributed by atoms with van der Waals surface area (Å²) in [5.41, 5.74) is 3.89. The molecule has 182 valence electrons. The number of halogens is 1. The van der Waals surface area contributed by atoms with Crippen LogP contribution in [0.1, 0.15) is 55.0 Å². The van der Waals surface area contributed by atoms with E-state index in [-0.39, 0.29) is 16.9 Å². The van der Waals surface area contributed by atoms with Crippen LogP contribution in [0, 0.1) is 5.82 Å². The zero-order valence-electron chi connectivity index (χ0n) is 20.2. The number of thiazole rings is 1. The first-order valence-corrected chi connectivity index (χ1v) is 12.7. The van der Waals surface area contributed by atoms with Gasteiger partial charge in [-0.25, -0.2) is 9.37 Å². The number of fused-ring (bicyclic) bond motifs is 1. The van der Waals surface area contributed by atoms with Gasteiger partial charge in [-0.2, -0.15) is 0 Å². The van der Waals surface area contributed by atoms with E-state index < -0.39 is 23.5 Å². The van der Waals surface area contributed by atoms with Gasteiger partial charge in [0.15, 0.2) is 5.13 Å². The molecule has 1 aromatic heterocycles. The van der Waals surface area contributed by atoms with E-state index in [9.17, 15) is 19.1 Å². The number of nitrogens with zero attached hydrogens (tertiary/aromatic N) is 2. The number of aryl methyl sites for hydroxylation is 1. The van der Waals surface area contributed by atoms with E-state index in [0.717, 1.165) is 27.8 Å². The van der Waals surface area contributed by atoms with Crippen molar-refractivity contribution in [1.82, 2.24) is 4.98 Å². The number of carbonyl (C=O) groups is 2. The Bertz CT molecular complexity index is 1500. The van der Waals surface area contributed by atoms with E-state index >= 15 is 0 Å². The summed E-state index contributed by atoms with van der Waals surface area (Å²) in [5.74, 6) is -2.06. The first-order chi connectivity index (χ1) is 17.3. The molecule has 0 radical (unpaired) electrons. The quantitative estimate of drug-likeness (QED) is 0.187. The summed E-state index contributed by atoms with van der Waals surface area (Å²) in [7, 11) is 0. The van der Waals surface area contributed by atoms with E-state index in [1.807, 2.05) is 42.5 Å². The molecule has 7 heteroatoms. The molecule has 1 aliphatic rings. The Morgan fingerprint density at radius 3 is 2.39 bits per heavy atom. The minimum atomic E-state index is -0.873. The van der Waals surface area contributed by atoms with Gasteiger partial charge in [0, 0.05) is 5.56 Å². The molecule has 1 fully saturated rings. The number of Topliss-reactive ketones (excluding diaryl/α,β-unsaturated/α-hetero) is 1. The lowest BCUT2D eigenvalue weighted by atomic mass is 9.93. The van der Waals surface area contributed by atoms with Crippen molar-refractivity contribution in [2.75, 3.05) is 4.90 Å². The second-order valence-electron chi connectivity index (χ2n) is 9.15. The first-order valence-electron chi connectivity index (χ1n) is 11.8. The molecule has 4 aromatic rings. The lowest BCUT2D eigenvalue weighted by Crippen LogP contribution is -2.29. The van der Waals surface area contributed by atoms with Gasteiger partial charge in [-0.15, -0.1) is 0 Å². The number of carbonyl (C=O) groups excluding carboxylic acids is 2. The summed E-state index contributed by atoms with van der Waals surface area (Å²) in [6.45, 7) is 6.24. The molecule has 0 bridgehead atoms. The molecule has 1 aliphatic heterocycles. The predicted molar refractivity (Wildman–Crippen MR) is 141 cm³/mol. The third-order valence-corrected chi connectivity index (χ3v) is 7.55. The number of benzene rings is 3. The van der Waals surface area contributed by atoms with Crippen LogP contribution in [0.5, 0.6) is 0 Å². The van der Waals surface area contributed by atoms with Gasteiger partial charge in [-0.1, -0.05) is 62.4 Å². The number of rotatable bonds is 5. The lowest BCUT2D eigenvalue weighted by molar-refractivity contribution is -0.132. The van der Waals surface area contributed by atoms with E-state index in [4.69, 9.17) is 0 Å². The van der Waals surface area contributed by atoms with Crippen molar-refractivity contribution >= 4 is 44.1 Å². The second-order valence-corrected chi connectivity index (χ2v) is 10.2. The number of ketones is 1. The molecule has 0 aliphatic carbocycles. The van der Waals surface area contributed by atoms with Gasteiger partial charge >= 0.3 is 5.91 Å². The predicted octanol–water partition coefficient (Wildman–Crippen LogP) is 6.75. The van der Waals surface area contributed by atoms with E-state index in [1.165, 1.54) is 40.5 Å². The summed E-state index contributed by atoms with van der Waals surface area (Å²) in [6, 6.07) is 17.9. The fourth-order valence-electron chi connectivity index (χ4n) is 4.45. The van der Waals surface area contributed by atoms with Gasteiger partial charge in [0.1, 0.15) is 11.6 Å². The normalized spacial score (nSPS) is 17.5. The van der Waals surface area contributed by atoms with Crippen molar-refractivity contribution in [3.8, 4) is 0 Å². The topological polar surface area (TPSA) is 70.5 Å². The summed E-state index contributed by atoms with van der Waals surface area (Å²) in [4.78, 5) is 32.8. The smallest absolute Gasteiger partial charge is 0.301 e. The van der Waals surface area contributed by atoms with Crippen molar-refractivity contribution in [2.24, 2.45) is 0 Å². The molecule has 0 spiro atoms. The van der Waals surface area contributed by atoms with E-state index in [1.54, 1.807) is 0 Å². The molecule has 1 N–H and O–H groups in total. The third-order valence-electron chi connectivity index (χ3n) is 6.54. The number of amides is 1. The Hall–Kier alpha value is -3.84. The number of anilines is 1. The maximum atomic E-state index is 13.5. The fraction of sp³-hybridized carbons (Fsp3) is 0.207. The van der Waals surface area contributed by atoms with Gasteiger partial charge in [-0.3, -0.25) is 14.5 Å². The SMILES string of the molecule is CCc1ccc2nc(N3C(=O)C(=O)C(=C(O)c4ccc(F)cc4)[C@@H]3c3ccc(C(C)C)cc3)sc2c1. The number of hydrogen-bond donors (Lipinski definition) is 1. The molecular formula is C29H25FN2O3S. The van der Waals surface area contributed by atoms with Gasteiger partial charge < -0.3 is 5.11 Å². The first kappa shape index (κ1) is 23.9. The Kier molecular flexibility index (Phi) is 6.18. The Morgan fingerprint density at radius 1 is 1.06 bits per heavy atom. The van der Waals surface area contributed by atoms with Crippen LogP contribution in [0.2, 0.25) is 0 Å². The largest absolute Gasteiger partial charge is 0.507 e. The van der Waals surface area contributed by atoms with Crippen molar-refractivity contribution in [1.29, 1.82) is 0 Å². The number of aliphatic hydroxyl groups excluding tert-OH is 1. The Labute approximate surface area is 212 Å². The van der Waals surface area contributed by atoms with Crippen molar-refractivity contribution in [3.63, 3.8) is 0 Å². The third kappa shape index (κ3) is 4.09. The minimum absolute atomic E-state index is 0.0441. The number of hydrogen-bond acceptors (Lipinski definition) is 5. The van der Waals surface area contributed by atoms with Crippen LogP contribution in [-0.4, -0.2) is 21.8 Å². The van der Waals surface area contributed by atoms with E-state index in [0.29, 0.717) is 16.6 Å². The van der Waals surface area contributed by atoms with Crippen LogP contribution in [0.25, 0.3) is 16.0 Å². The molecular weight excluding hydrogens is 475 g/mol. The number of aliphatic hydroxyl groups is 1. The Morgan fingerprint density at radius 2 is 1.75 bits per heavy atom. The molecule has 0 unspecified atom stereocenters. The van der Waals surface area contributed by atoms with Crippen LogP contribution in [0.15, 0.2) is 72.3 Å². The van der Waals surface area contributed by atoms with Crippen molar-refractivity contribution < 1.29 is 19.1 Å². The monoisotopic (exact) mass is 500 g/mol. The summed E-state index contributed by atoms with van der Waals surface area (Å²) < 4.78 is 14.4. The number of aromatic nitrogens is 1. The summed E-state index contributed by atoms with van der Waals surface area (Å²) in [6.07, 6.45) is 0.869. The van der Waals surface area contributed by atoms with Crippen LogP contribution in [0.4, 0.5) is 9.52 Å². The molecule has 5 rings (SSSR count). The zero-order valence-corrected chi connectivity index (χ0v) is 21.0. The molecule has 1 saturated heterocycles. The minimum Gasteiger partial charge on any atom is -0.507 e. The Balaban J connectivity index is 1.70. The molecule has 1 atom stereocenters. The highest BCUT2D eigenvalue weighted by Crippen LogP contribution is 2.44. The maximum Gasteiger partial charge on any atom is 0.301 e. The molecule has 1 amide bonds. The fourth-order valence-corrected chi connectivity index (χ4v) is 5.51. The summed E-state index contributed by atoms with van der Waals surface area (Å²) in [5, 5.41) is 11.6. The molecule has 36 heavy (non-hydrogen) atoms. The highest BCUT2D eigenvalue weighted by atomic mass is 32.1. The van der Waals surface area contributed by atoms with Crippen LogP contribution < -0.4 is 4.90 Å². The zero-order chi connectivity index (χ0) is 25.6. The highest BCUT2D eigenvalue weighted by molar-refractivity contribution is 7.22. The molecule has 0 saturated carbocycles. The van der Waals surface area contributed by atoms with Crippen molar-refractivity contribution in [3.05, 3.63) is 100 Å². The molecule has 5 nitrogen and oxygen atoms in total. The molecule has 3 aromatic carbocycles. The maximum absolute atomic E-state index is 13.5. The van der Waals surface area contributed by atoms with Gasteiger partial charge in [0.05, 0.1) is 21.8 Å². The standard InChI is InChI=1S/C29H25FN2O3S/c1-4-17-5-14-22-23(15-17)36-29(31-22)32-25(19-8-6-18(7-9-19)16(2)3)24(27(34)28(32)35)26(33)20-10-12-21(30)13-11-20/h5-16,25,33H,4H2,1-3H3/t25-/m0/s1. The highest BCUT2D eigenvalue weighted by Gasteiger charge is 2.48. The van der Waals surface area contributed by atoms with Crippen LogP contribution >= 0.6 is 11.3 Å². The summed E-state index contributed by atoms with van der Waals surface area (Å²) >= 11 is 1.34. The van der Waals surface area contributed by atoms with Crippen LogP contribution in [0.3, 0.4) is 0 Å².